The molecule has 3 rings (SSSR count). The first-order valence-corrected chi connectivity index (χ1v) is 7.84. The summed E-state index contributed by atoms with van der Waals surface area (Å²) in [6.45, 7) is 1.84. The molecule has 0 saturated carbocycles. The van der Waals surface area contributed by atoms with Crippen LogP contribution in [0.15, 0.2) is 64.5 Å². The van der Waals surface area contributed by atoms with Gasteiger partial charge >= 0.3 is 0 Å². The van der Waals surface area contributed by atoms with Crippen LogP contribution in [0.1, 0.15) is 11.3 Å². The Morgan fingerprint density at radius 2 is 1.92 bits per heavy atom. The third-order valence-corrected chi connectivity index (χ3v) is 3.91. The molecule has 0 unspecified atom stereocenters. The summed E-state index contributed by atoms with van der Waals surface area (Å²) in [6, 6.07) is 16.8. The molecule has 0 atom stereocenters. The third-order valence-electron chi connectivity index (χ3n) is 3.67. The molecule has 0 spiro atoms. The SMILES string of the molecule is Cc1[nH]n(-c2cccc(Cl)c2)c(=O)c1C=NN(C)c1ccccc1. The fourth-order valence-corrected chi connectivity index (χ4v) is 2.55. The number of aryl methyl sites for hydroxylation is 1. The van der Waals surface area contributed by atoms with E-state index in [1.807, 2.05) is 50.4 Å². The van der Waals surface area contributed by atoms with Crippen molar-refractivity contribution in [3.63, 3.8) is 0 Å². The number of anilines is 1. The van der Waals surface area contributed by atoms with Crippen LogP contribution in [-0.2, 0) is 0 Å². The van der Waals surface area contributed by atoms with E-state index in [1.54, 1.807) is 29.4 Å². The molecule has 1 N–H and O–H groups in total. The van der Waals surface area contributed by atoms with Crippen LogP contribution in [0.4, 0.5) is 5.69 Å². The maximum absolute atomic E-state index is 12.6. The van der Waals surface area contributed by atoms with Crippen LogP contribution in [0.25, 0.3) is 5.69 Å². The highest BCUT2D eigenvalue weighted by molar-refractivity contribution is 6.30. The monoisotopic (exact) mass is 340 g/mol. The molecule has 0 aliphatic rings. The maximum Gasteiger partial charge on any atom is 0.280 e. The summed E-state index contributed by atoms with van der Waals surface area (Å²) in [7, 11) is 1.84. The van der Waals surface area contributed by atoms with Gasteiger partial charge in [-0.15, -0.1) is 0 Å². The lowest BCUT2D eigenvalue weighted by Gasteiger charge is -2.11. The number of halogens is 1. The lowest BCUT2D eigenvalue weighted by molar-refractivity contribution is 0.835. The van der Waals surface area contributed by atoms with Gasteiger partial charge in [0.15, 0.2) is 0 Å². The zero-order chi connectivity index (χ0) is 17.1. The summed E-state index contributed by atoms with van der Waals surface area (Å²) in [5.74, 6) is 0. The maximum atomic E-state index is 12.6. The van der Waals surface area contributed by atoms with Gasteiger partial charge in [-0.05, 0) is 37.3 Å². The zero-order valence-electron chi connectivity index (χ0n) is 13.4. The van der Waals surface area contributed by atoms with Gasteiger partial charge in [-0.3, -0.25) is 14.9 Å². The van der Waals surface area contributed by atoms with Gasteiger partial charge in [0.05, 0.1) is 23.2 Å². The number of hydrazone groups is 1. The van der Waals surface area contributed by atoms with Crippen molar-refractivity contribution >= 4 is 23.5 Å². The molecular weight excluding hydrogens is 324 g/mol. The Kier molecular flexibility index (Phi) is 4.53. The second kappa shape index (κ2) is 6.76. The number of hydrogen-bond donors (Lipinski definition) is 1. The largest absolute Gasteiger partial charge is 0.295 e. The quantitative estimate of drug-likeness (QED) is 0.583. The molecule has 24 heavy (non-hydrogen) atoms. The number of rotatable bonds is 4. The minimum absolute atomic E-state index is 0.167. The molecule has 0 amide bonds. The topological polar surface area (TPSA) is 53.4 Å². The first kappa shape index (κ1) is 16.1. The molecule has 5 nitrogen and oxygen atoms in total. The van der Waals surface area contributed by atoms with Gasteiger partial charge in [-0.25, -0.2) is 4.68 Å². The van der Waals surface area contributed by atoms with Gasteiger partial charge in [-0.2, -0.15) is 5.10 Å². The standard InChI is InChI=1S/C18H17ClN4O/c1-13-17(12-20-22(2)15-8-4-3-5-9-15)18(24)23(21-13)16-10-6-7-14(19)11-16/h3-12,21H,1-2H3. The highest BCUT2D eigenvalue weighted by Crippen LogP contribution is 2.14. The summed E-state index contributed by atoms with van der Waals surface area (Å²) in [4.78, 5) is 12.6. The van der Waals surface area contributed by atoms with Gasteiger partial charge in [-0.1, -0.05) is 35.9 Å². The molecule has 2 aromatic carbocycles. The number of benzene rings is 2. The highest BCUT2D eigenvalue weighted by atomic mass is 35.5. The predicted molar refractivity (Wildman–Crippen MR) is 98.6 cm³/mol. The normalized spacial score (nSPS) is 11.1. The fraction of sp³-hybridized carbons (Fsp3) is 0.111. The molecule has 122 valence electrons. The summed E-state index contributed by atoms with van der Waals surface area (Å²) in [5, 5.41) is 9.71. The molecule has 0 aliphatic heterocycles. The lowest BCUT2D eigenvalue weighted by Crippen LogP contribution is -2.18. The minimum atomic E-state index is -0.167. The Balaban J connectivity index is 1.93. The number of hydrogen-bond acceptors (Lipinski definition) is 3. The lowest BCUT2D eigenvalue weighted by atomic mass is 10.3. The molecule has 1 heterocycles. The molecule has 3 aromatic rings. The van der Waals surface area contributed by atoms with E-state index in [0.29, 0.717) is 16.3 Å². The van der Waals surface area contributed by atoms with Gasteiger partial charge in [0.1, 0.15) is 0 Å². The number of nitrogens with one attached hydrogen (secondary N) is 1. The molecule has 0 bridgehead atoms. The number of aromatic nitrogens is 2. The summed E-state index contributed by atoms with van der Waals surface area (Å²) in [5.41, 5.74) is 2.71. The average molecular weight is 341 g/mol. The Bertz CT molecular complexity index is 928. The highest BCUT2D eigenvalue weighted by Gasteiger charge is 2.11. The van der Waals surface area contributed by atoms with Crippen molar-refractivity contribution in [1.29, 1.82) is 0 Å². The number of aromatic amines is 1. The van der Waals surface area contributed by atoms with Crippen LogP contribution in [-0.4, -0.2) is 23.0 Å². The van der Waals surface area contributed by atoms with Crippen molar-refractivity contribution in [2.24, 2.45) is 5.10 Å². The van der Waals surface area contributed by atoms with E-state index in [2.05, 4.69) is 10.2 Å². The van der Waals surface area contributed by atoms with E-state index >= 15 is 0 Å². The summed E-state index contributed by atoms with van der Waals surface area (Å²) in [6.07, 6.45) is 1.57. The molecule has 1 aromatic heterocycles. The first-order valence-electron chi connectivity index (χ1n) is 7.46. The Morgan fingerprint density at radius 1 is 1.17 bits per heavy atom. The Hall–Kier alpha value is -2.79. The molecule has 0 aliphatic carbocycles. The van der Waals surface area contributed by atoms with Crippen LogP contribution in [0.5, 0.6) is 0 Å². The fourth-order valence-electron chi connectivity index (χ4n) is 2.36. The van der Waals surface area contributed by atoms with Crippen molar-refractivity contribution in [2.75, 3.05) is 12.1 Å². The zero-order valence-corrected chi connectivity index (χ0v) is 14.2. The summed E-state index contributed by atoms with van der Waals surface area (Å²) >= 11 is 6.00. The van der Waals surface area contributed by atoms with Gasteiger partial charge < -0.3 is 0 Å². The van der Waals surface area contributed by atoms with E-state index in [9.17, 15) is 4.79 Å². The molecule has 0 fully saturated rings. The van der Waals surface area contributed by atoms with Crippen molar-refractivity contribution in [3.05, 3.63) is 81.2 Å². The molecule has 6 heteroatoms. The minimum Gasteiger partial charge on any atom is -0.295 e. The molecular formula is C18H17ClN4O. The Morgan fingerprint density at radius 3 is 2.62 bits per heavy atom. The van der Waals surface area contributed by atoms with Gasteiger partial charge in [0, 0.05) is 17.8 Å². The van der Waals surface area contributed by atoms with Crippen molar-refractivity contribution in [2.45, 2.75) is 6.92 Å². The number of nitrogens with zero attached hydrogens (tertiary/aromatic N) is 3. The van der Waals surface area contributed by atoms with Crippen LogP contribution in [0.3, 0.4) is 0 Å². The molecule has 0 radical (unpaired) electrons. The van der Waals surface area contributed by atoms with E-state index in [-0.39, 0.29) is 5.56 Å². The second-order valence-electron chi connectivity index (χ2n) is 5.37. The van der Waals surface area contributed by atoms with Crippen molar-refractivity contribution in [1.82, 2.24) is 9.78 Å². The van der Waals surface area contributed by atoms with E-state index in [1.165, 1.54) is 4.68 Å². The van der Waals surface area contributed by atoms with E-state index in [0.717, 1.165) is 11.4 Å². The Labute approximate surface area is 144 Å². The van der Waals surface area contributed by atoms with Crippen LogP contribution >= 0.6 is 11.6 Å². The number of H-pyrrole nitrogens is 1. The van der Waals surface area contributed by atoms with Crippen LogP contribution < -0.4 is 10.6 Å². The average Bonchev–Trinajstić information content (AvgIpc) is 2.88. The van der Waals surface area contributed by atoms with Gasteiger partial charge in [0.2, 0.25) is 0 Å². The smallest absolute Gasteiger partial charge is 0.280 e. The van der Waals surface area contributed by atoms with Crippen molar-refractivity contribution in [3.8, 4) is 5.69 Å². The third kappa shape index (κ3) is 3.26. The predicted octanol–water partition coefficient (Wildman–Crippen LogP) is 3.60. The first-order chi connectivity index (χ1) is 11.6. The van der Waals surface area contributed by atoms with E-state index < -0.39 is 0 Å². The van der Waals surface area contributed by atoms with Crippen molar-refractivity contribution < 1.29 is 0 Å². The van der Waals surface area contributed by atoms with Gasteiger partial charge in [0.25, 0.3) is 5.56 Å². The molecule has 0 saturated heterocycles. The van der Waals surface area contributed by atoms with Crippen LogP contribution in [0, 0.1) is 6.92 Å². The number of para-hydroxylation sites is 1. The van der Waals surface area contributed by atoms with E-state index in [4.69, 9.17) is 11.6 Å². The summed E-state index contributed by atoms with van der Waals surface area (Å²) < 4.78 is 1.46. The van der Waals surface area contributed by atoms with Crippen LogP contribution in [0.2, 0.25) is 5.02 Å². The second-order valence-corrected chi connectivity index (χ2v) is 5.81.